The second-order valence-corrected chi connectivity index (χ2v) is 15.1. The first kappa shape index (κ1) is 32.5. The number of anilines is 5. The summed E-state index contributed by atoms with van der Waals surface area (Å²) in [4.78, 5) is 5.02. The van der Waals surface area contributed by atoms with Crippen molar-refractivity contribution in [1.29, 1.82) is 0 Å². The summed E-state index contributed by atoms with van der Waals surface area (Å²) in [7, 11) is 0. The predicted molar refractivity (Wildman–Crippen MR) is 213 cm³/mol. The van der Waals surface area contributed by atoms with E-state index < -0.39 is 0 Å². The molecular weight excluding hydrogens is 593 g/mol. The molecule has 0 saturated heterocycles. The number of hydrogen-bond acceptors (Lipinski definition) is 2. The Hall–Kier alpha value is -5.08. The molecule has 0 radical (unpaired) electrons. The standard InChI is InChI=1S/C47H48N2/c1-31-13-21-37(22-14-31)48(38-23-15-32(2)16-24-38)46-42-12-10-9-11-41(42)45(43-28-20-36(30-44(43)46)47(6,7)8)49(39-25-17-33(3)18-26-39)40-27-19-34(4)35(5)29-40/h9-28,30,35H,29H2,1-8H3. The number of nitrogens with zero attached hydrogens (tertiary/aromatic N) is 2. The molecule has 1 atom stereocenters. The summed E-state index contributed by atoms with van der Waals surface area (Å²) in [5, 5.41) is 4.95. The molecule has 0 spiro atoms. The SMILES string of the molecule is CC1=CC=C(N(c2ccc(C)cc2)c2c3ccccc3c(N(c3ccc(C)cc3)c3ccc(C)cc3)c3cc(C(C)(C)C)ccc23)CC1C. The average Bonchev–Trinajstić information content (AvgIpc) is 3.09. The van der Waals surface area contributed by atoms with Crippen LogP contribution in [0.1, 0.15) is 63.3 Å². The zero-order chi connectivity index (χ0) is 34.4. The number of allylic oxidation sites excluding steroid dienone is 4. The van der Waals surface area contributed by atoms with Crippen molar-refractivity contribution in [3.05, 3.63) is 161 Å². The molecule has 6 aromatic rings. The molecule has 0 fully saturated rings. The predicted octanol–water partition coefficient (Wildman–Crippen LogP) is 13.7. The van der Waals surface area contributed by atoms with Gasteiger partial charge in [-0.05, 0) is 99.6 Å². The minimum atomic E-state index is -0.0177. The molecule has 0 N–H and O–H groups in total. The molecule has 0 bridgehead atoms. The Morgan fingerprint density at radius 3 is 1.43 bits per heavy atom. The Balaban J connectivity index is 1.64. The molecule has 7 rings (SSSR count). The average molecular weight is 641 g/mol. The van der Waals surface area contributed by atoms with Gasteiger partial charge in [0.1, 0.15) is 0 Å². The van der Waals surface area contributed by atoms with Gasteiger partial charge in [-0.1, -0.05) is 129 Å². The lowest BCUT2D eigenvalue weighted by Gasteiger charge is -2.36. The number of aryl methyl sites for hydroxylation is 3. The van der Waals surface area contributed by atoms with Gasteiger partial charge in [0.25, 0.3) is 0 Å². The van der Waals surface area contributed by atoms with Gasteiger partial charge in [0.05, 0.1) is 11.4 Å². The van der Waals surface area contributed by atoms with E-state index in [2.05, 4.69) is 193 Å². The molecule has 1 aliphatic carbocycles. The molecule has 0 saturated carbocycles. The maximum Gasteiger partial charge on any atom is 0.0620 e. The maximum atomic E-state index is 2.55. The van der Waals surface area contributed by atoms with Crippen LogP contribution in [-0.2, 0) is 5.41 Å². The monoisotopic (exact) mass is 640 g/mol. The summed E-state index contributed by atoms with van der Waals surface area (Å²) in [5.41, 5.74) is 13.7. The molecule has 0 aliphatic heterocycles. The van der Waals surface area contributed by atoms with Crippen LogP contribution in [0.3, 0.4) is 0 Å². The van der Waals surface area contributed by atoms with Gasteiger partial charge in [-0.15, -0.1) is 0 Å². The lowest BCUT2D eigenvalue weighted by atomic mass is 9.84. The third kappa shape index (κ3) is 6.17. The van der Waals surface area contributed by atoms with Crippen molar-refractivity contribution in [3.63, 3.8) is 0 Å². The highest BCUT2D eigenvalue weighted by molar-refractivity contribution is 6.23. The third-order valence-electron chi connectivity index (χ3n) is 10.3. The molecule has 0 aromatic heterocycles. The molecule has 2 heteroatoms. The van der Waals surface area contributed by atoms with E-state index in [1.54, 1.807) is 0 Å². The highest BCUT2D eigenvalue weighted by atomic mass is 15.2. The van der Waals surface area contributed by atoms with Gasteiger partial charge >= 0.3 is 0 Å². The van der Waals surface area contributed by atoms with E-state index in [0.29, 0.717) is 5.92 Å². The fourth-order valence-electron chi connectivity index (χ4n) is 7.11. The van der Waals surface area contributed by atoms with Gasteiger partial charge in [-0.25, -0.2) is 0 Å². The third-order valence-corrected chi connectivity index (χ3v) is 10.3. The quantitative estimate of drug-likeness (QED) is 0.132. The highest BCUT2D eigenvalue weighted by Gasteiger charge is 2.28. The maximum absolute atomic E-state index is 2.55. The van der Waals surface area contributed by atoms with Crippen LogP contribution in [-0.4, -0.2) is 0 Å². The zero-order valence-electron chi connectivity index (χ0n) is 30.3. The Bertz CT molecular complexity index is 2160. The number of rotatable bonds is 6. The second kappa shape index (κ2) is 12.7. The smallest absolute Gasteiger partial charge is 0.0620 e. The fourth-order valence-corrected chi connectivity index (χ4v) is 7.11. The van der Waals surface area contributed by atoms with E-state index in [1.165, 1.54) is 72.1 Å². The lowest BCUT2D eigenvalue weighted by Crippen LogP contribution is -2.22. The first-order valence-corrected chi connectivity index (χ1v) is 17.7. The van der Waals surface area contributed by atoms with Crippen LogP contribution in [0.2, 0.25) is 0 Å². The Morgan fingerprint density at radius 2 is 0.959 bits per heavy atom. The van der Waals surface area contributed by atoms with E-state index in [9.17, 15) is 0 Å². The Labute approximate surface area is 293 Å². The normalized spacial score (nSPS) is 14.9. The summed E-state index contributed by atoms with van der Waals surface area (Å²) in [5.74, 6) is 0.468. The van der Waals surface area contributed by atoms with Gasteiger partial charge in [0.15, 0.2) is 0 Å². The summed E-state index contributed by atoms with van der Waals surface area (Å²) in [6.07, 6.45) is 5.64. The molecule has 1 unspecified atom stereocenters. The van der Waals surface area contributed by atoms with E-state index in [-0.39, 0.29) is 5.41 Å². The first-order chi connectivity index (χ1) is 23.5. The van der Waals surface area contributed by atoms with Crippen molar-refractivity contribution in [2.45, 2.75) is 67.2 Å². The molecule has 49 heavy (non-hydrogen) atoms. The summed E-state index contributed by atoms with van der Waals surface area (Å²) >= 11 is 0. The van der Waals surface area contributed by atoms with Crippen molar-refractivity contribution < 1.29 is 0 Å². The van der Waals surface area contributed by atoms with Gasteiger partial charge < -0.3 is 9.80 Å². The Kier molecular flexibility index (Phi) is 8.45. The van der Waals surface area contributed by atoms with Crippen molar-refractivity contribution in [1.82, 2.24) is 0 Å². The van der Waals surface area contributed by atoms with E-state index >= 15 is 0 Å². The number of fused-ring (bicyclic) bond motifs is 2. The summed E-state index contributed by atoms with van der Waals surface area (Å²) < 4.78 is 0. The molecule has 246 valence electrons. The van der Waals surface area contributed by atoms with Gasteiger partial charge in [0, 0.05) is 44.3 Å². The van der Waals surface area contributed by atoms with Crippen LogP contribution in [0.25, 0.3) is 21.5 Å². The van der Waals surface area contributed by atoms with E-state index in [0.717, 1.165) is 17.8 Å². The molecule has 0 heterocycles. The van der Waals surface area contributed by atoms with E-state index in [4.69, 9.17) is 0 Å². The van der Waals surface area contributed by atoms with Crippen molar-refractivity contribution in [2.75, 3.05) is 9.80 Å². The zero-order valence-corrected chi connectivity index (χ0v) is 30.3. The van der Waals surface area contributed by atoms with Crippen molar-refractivity contribution in [2.24, 2.45) is 5.92 Å². The lowest BCUT2D eigenvalue weighted by molar-refractivity contribution is 0.591. The molecular formula is C47H48N2. The molecule has 6 aromatic carbocycles. The Morgan fingerprint density at radius 1 is 0.510 bits per heavy atom. The fraction of sp³-hybridized carbons (Fsp3) is 0.234. The van der Waals surface area contributed by atoms with Gasteiger partial charge in [-0.3, -0.25) is 0 Å². The van der Waals surface area contributed by atoms with E-state index in [1.807, 2.05) is 0 Å². The van der Waals surface area contributed by atoms with Gasteiger partial charge in [0.2, 0.25) is 0 Å². The molecule has 2 nitrogen and oxygen atoms in total. The topological polar surface area (TPSA) is 6.48 Å². The first-order valence-electron chi connectivity index (χ1n) is 17.7. The largest absolute Gasteiger partial charge is 0.313 e. The summed E-state index contributed by atoms with van der Waals surface area (Å²) in [6, 6.07) is 43.2. The minimum absolute atomic E-state index is 0.0177. The van der Waals surface area contributed by atoms with Crippen LogP contribution < -0.4 is 9.80 Å². The van der Waals surface area contributed by atoms with Crippen LogP contribution >= 0.6 is 0 Å². The summed E-state index contributed by atoms with van der Waals surface area (Å²) in [6.45, 7) is 18.0. The van der Waals surface area contributed by atoms with Crippen molar-refractivity contribution >= 4 is 50.0 Å². The van der Waals surface area contributed by atoms with Crippen LogP contribution in [0.15, 0.2) is 139 Å². The van der Waals surface area contributed by atoms with Crippen molar-refractivity contribution in [3.8, 4) is 0 Å². The highest BCUT2D eigenvalue weighted by Crippen LogP contribution is 2.51. The number of hydrogen-bond donors (Lipinski definition) is 0. The molecule has 1 aliphatic rings. The number of benzene rings is 6. The van der Waals surface area contributed by atoms with Gasteiger partial charge in [-0.2, -0.15) is 0 Å². The molecule has 0 amide bonds. The van der Waals surface area contributed by atoms with Crippen LogP contribution in [0, 0.1) is 26.7 Å². The second-order valence-electron chi connectivity index (χ2n) is 15.1. The minimum Gasteiger partial charge on any atom is -0.313 e. The van der Waals surface area contributed by atoms with Crippen LogP contribution in [0.4, 0.5) is 28.4 Å². The van der Waals surface area contributed by atoms with Crippen LogP contribution in [0.5, 0.6) is 0 Å².